The largest absolute Gasteiger partial charge is 0.480 e. The number of amides is 1. The maximum Gasteiger partial charge on any atom is 0.326 e. The van der Waals surface area contributed by atoms with Crippen LogP contribution in [-0.2, 0) is 9.59 Å². The van der Waals surface area contributed by atoms with Crippen molar-refractivity contribution in [2.45, 2.75) is 59.9 Å². The molecule has 2 atom stereocenters. The Labute approximate surface area is 104 Å². The summed E-state index contributed by atoms with van der Waals surface area (Å²) < 4.78 is 0. The quantitative estimate of drug-likeness (QED) is 0.753. The van der Waals surface area contributed by atoms with Crippen LogP contribution in [0.1, 0.15) is 53.9 Å². The lowest BCUT2D eigenvalue weighted by Crippen LogP contribution is -2.41. The number of carbonyl (C=O) groups is 2. The van der Waals surface area contributed by atoms with Crippen molar-refractivity contribution >= 4 is 11.9 Å². The number of nitrogens with one attached hydrogen (secondary N) is 1. The zero-order valence-corrected chi connectivity index (χ0v) is 11.5. The van der Waals surface area contributed by atoms with E-state index in [1.54, 1.807) is 0 Å². The Bertz CT molecular complexity index is 268. The highest BCUT2D eigenvalue weighted by Gasteiger charge is 2.25. The van der Waals surface area contributed by atoms with Gasteiger partial charge in [0, 0.05) is 6.42 Å². The van der Waals surface area contributed by atoms with Gasteiger partial charge in [-0.25, -0.2) is 4.79 Å². The van der Waals surface area contributed by atoms with Crippen LogP contribution in [0.25, 0.3) is 0 Å². The van der Waals surface area contributed by atoms with Crippen LogP contribution in [0, 0.1) is 11.3 Å². The maximum atomic E-state index is 11.7. The highest BCUT2D eigenvalue weighted by molar-refractivity contribution is 5.83. The summed E-state index contributed by atoms with van der Waals surface area (Å²) >= 11 is 0. The van der Waals surface area contributed by atoms with Crippen molar-refractivity contribution in [3.05, 3.63) is 0 Å². The molecule has 0 fully saturated rings. The van der Waals surface area contributed by atoms with Crippen LogP contribution < -0.4 is 5.32 Å². The molecule has 2 unspecified atom stereocenters. The summed E-state index contributed by atoms with van der Waals surface area (Å²) in [5.41, 5.74) is 0.0564. The molecule has 2 N–H and O–H groups in total. The van der Waals surface area contributed by atoms with Crippen molar-refractivity contribution in [2.24, 2.45) is 11.3 Å². The van der Waals surface area contributed by atoms with E-state index in [4.69, 9.17) is 5.11 Å². The van der Waals surface area contributed by atoms with Gasteiger partial charge in [0.2, 0.25) is 5.91 Å². The Morgan fingerprint density at radius 1 is 1.29 bits per heavy atom. The smallest absolute Gasteiger partial charge is 0.326 e. The van der Waals surface area contributed by atoms with Gasteiger partial charge in [0.25, 0.3) is 0 Å². The van der Waals surface area contributed by atoms with Crippen LogP contribution in [0.5, 0.6) is 0 Å². The monoisotopic (exact) mass is 243 g/mol. The molecule has 0 heterocycles. The molecule has 0 saturated heterocycles. The molecule has 0 aliphatic rings. The SMILES string of the molecule is CCCC(NC(=O)CC(C)C(C)(C)C)C(=O)O. The van der Waals surface area contributed by atoms with Gasteiger partial charge in [-0.2, -0.15) is 0 Å². The second kappa shape index (κ2) is 6.62. The topological polar surface area (TPSA) is 66.4 Å². The molecule has 0 aliphatic carbocycles. The van der Waals surface area contributed by atoms with E-state index in [0.717, 1.165) is 6.42 Å². The first-order chi connectivity index (χ1) is 7.68. The molecule has 0 aromatic rings. The Balaban J connectivity index is 4.29. The van der Waals surface area contributed by atoms with E-state index in [-0.39, 0.29) is 17.2 Å². The normalized spacial score (nSPS) is 15.1. The van der Waals surface area contributed by atoms with E-state index < -0.39 is 12.0 Å². The minimum Gasteiger partial charge on any atom is -0.480 e. The number of carboxylic acids is 1. The third kappa shape index (κ3) is 6.29. The molecule has 0 spiro atoms. The lowest BCUT2D eigenvalue weighted by Gasteiger charge is -2.27. The molecule has 0 aromatic heterocycles. The number of carbonyl (C=O) groups excluding carboxylic acids is 1. The molecule has 0 saturated carbocycles. The molecule has 0 aromatic carbocycles. The van der Waals surface area contributed by atoms with E-state index in [9.17, 15) is 9.59 Å². The summed E-state index contributed by atoms with van der Waals surface area (Å²) in [6, 6.07) is -0.750. The standard InChI is InChI=1S/C13H25NO3/c1-6-7-10(12(16)17)14-11(15)8-9(2)13(3,4)5/h9-10H,6-8H2,1-5H3,(H,14,15)(H,16,17). The summed E-state index contributed by atoms with van der Waals surface area (Å²) in [6.45, 7) is 10.1. The van der Waals surface area contributed by atoms with E-state index >= 15 is 0 Å². The predicted octanol–water partition coefficient (Wildman–Crippen LogP) is 2.43. The van der Waals surface area contributed by atoms with Crippen molar-refractivity contribution < 1.29 is 14.7 Å². The number of rotatable bonds is 6. The van der Waals surface area contributed by atoms with Crippen LogP contribution in [-0.4, -0.2) is 23.0 Å². The van der Waals surface area contributed by atoms with Gasteiger partial charge in [-0.3, -0.25) is 4.79 Å². The number of hydrogen-bond donors (Lipinski definition) is 2. The lowest BCUT2D eigenvalue weighted by atomic mass is 9.80. The van der Waals surface area contributed by atoms with Crippen LogP contribution in [0.2, 0.25) is 0 Å². The van der Waals surface area contributed by atoms with Crippen molar-refractivity contribution in [2.75, 3.05) is 0 Å². The molecule has 4 heteroatoms. The first-order valence-electron chi connectivity index (χ1n) is 6.20. The van der Waals surface area contributed by atoms with E-state index in [0.29, 0.717) is 12.8 Å². The minimum atomic E-state index is -0.955. The highest BCUT2D eigenvalue weighted by Crippen LogP contribution is 2.27. The molecule has 0 rings (SSSR count). The Kier molecular flexibility index (Phi) is 6.21. The fourth-order valence-corrected chi connectivity index (χ4v) is 1.38. The maximum absolute atomic E-state index is 11.7. The van der Waals surface area contributed by atoms with Crippen molar-refractivity contribution in [3.8, 4) is 0 Å². The second-order valence-corrected chi connectivity index (χ2v) is 5.72. The van der Waals surface area contributed by atoms with E-state index in [1.807, 2.05) is 13.8 Å². The molecular weight excluding hydrogens is 218 g/mol. The zero-order chi connectivity index (χ0) is 13.6. The van der Waals surface area contributed by atoms with Crippen LogP contribution in [0.15, 0.2) is 0 Å². The molecule has 1 amide bonds. The van der Waals surface area contributed by atoms with Gasteiger partial charge in [-0.1, -0.05) is 41.0 Å². The summed E-state index contributed by atoms with van der Waals surface area (Å²) in [5.74, 6) is -0.907. The summed E-state index contributed by atoms with van der Waals surface area (Å²) in [7, 11) is 0. The van der Waals surface area contributed by atoms with E-state index in [1.165, 1.54) is 0 Å². The molecule has 0 bridgehead atoms. The van der Waals surface area contributed by atoms with E-state index in [2.05, 4.69) is 26.1 Å². The lowest BCUT2D eigenvalue weighted by molar-refractivity contribution is -0.142. The summed E-state index contributed by atoms with van der Waals surface area (Å²) in [5, 5.41) is 11.5. The molecule has 0 aliphatic heterocycles. The van der Waals surface area contributed by atoms with Gasteiger partial charge in [0.1, 0.15) is 6.04 Å². The molecule has 4 nitrogen and oxygen atoms in total. The third-order valence-electron chi connectivity index (χ3n) is 3.18. The number of aliphatic carboxylic acids is 1. The van der Waals surface area contributed by atoms with Gasteiger partial charge in [-0.05, 0) is 17.8 Å². The zero-order valence-electron chi connectivity index (χ0n) is 11.5. The van der Waals surface area contributed by atoms with Gasteiger partial charge >= 0.3 is 5.97 Å². The van der Waals surface area contributed by atoms with Gasteiger partial charge in [0.05, 0.1) is 0 Å². The van der Waals surface area contributed by atoms with Gasteiger partial charge in [-0.15, -0.1) is 0 Å². The van der Waals surface area contributed by atoms with Crippen molar-refractivity contribution in [1.29, 1.82) is 0 Å². The van der Waals surface area contributed by atoms with Crippen LogP contribution in [0.3, 0.4) is 0 Å². The highest BCUT2D eigenvalue weighted by atomic mass is 16.4. The molecule has 100 valence electrons. The fraction of sp³-hybridized carbons (Fsp3) is 0.846. The third-order valence-corrected chi connectivity index (χ3v) is 3.18. The number of carboxylic acid groups (broad SMARTS) is 1. The van der Waals surface area contributed by atoms with Crippen molar-refractivity contribution in [1.82, 2.24) is 5.32 Å². The average Bonchev–Trinajstić information content (AvgIpc) is 2.15. The predicted molar refractivity (Wildman–Crippen MR) is 67.7 cm³/mol. The molecule has 17 heavy (non-hydrogen) atoms. The Morgan fingerprint density at radius 2 is 1.82 bits per heavy atom. The minimum absolute atomic E-state index is 0.0564. The van der Waals surface area contributed by atoms with Crippen LogP contribution >= 0.6 is 0 Å². The van der Waals surface area contributed by atoms with Crippen LogP contribution in [0.4, 0.5) is 0 Å². The molecular formula is C13H25NO3. The Morgan fingerprint density at radius 3 is 2.18 bits per heavy atom. The second-order valence-electron chi connectivity index (χ2n) is 5.72. The van der Waals surface area contributed by atoms with Crippen molar-refractivity contribution in [3.63, 3.8) is 0 Å². The van der Waals surface area contributed by atoms with Gasteiger partial charge < -0.3 is 10.4 Å². The number of hydrogen-bond acceptors (Lipinski definition) is 2. The van der Waals surface area contributed by atoms with Gasteiger partial charge in [0.15, 0.2) is 0 Å². The summed E-state index contributed by atoms with van der Waals surface area (Å²) in [6.07, 6.45) is 1.59. The summed E-state index contributed by atoms with van der Waals surface area (Å²) in [4.78, 5) is 22.6. The first-order valence-corrected chi connectivity index (χ1v) is 6.20. The average molecular weight is 243 g/mol. The first kappa shape index (κ1) is 15.9. The fourth-order valence-electron chi connectivity index (χ4n) is 1.38. The Hall–Kier alpha value is -1.06. The molecule has 0 radical (unpaired) electrons.